The standard InChI is InChI=1S/C11H10ClN/c1-2-10-6-4-8-3-5-9(12)7-11(8)13-10/h3-7H,2H2,1H3. The van der Waals surface area contributed by atoms with Crippen LogP contribution in [0.3, 0.4) is 0 Å². The third-order valence-corrected chi connectivity index (χ3v) is 2.31. The summed E-state index contributed by atoms with van der Waals surface area (Å²) in [5.41, 5.74) is 2.08. The molecular weight excluding hydrogens is 182 g/mol. The number of fused-ring (bicyclic) bond motifs is 1. The first-order chi connectivity index (χ1) is 6.29. The van der Waals surface area contributed by atoms with Crippen molar-refractivity contribution in [3.8, 4) is 0 Å². The van der Waals surface area contributed by atoms with Crippen molar-refractivity contribution < 1.29 is 0 Å². The molecule has 0 radical (unpaired) electrons. The minimum absolute atomic E-state index is 0.744. The van der Waals surface area contributed by atoms with E-state index < -0.39 is 0 Å². The van der Waals surface area contributed by atoms with E-state index in [4.69, 9.17) is 11.6 Å². The first kappa shape index (κ1) is 8.52. The number of halogens is 1. The molecule has 2 heteroatoms. The van der Waals surface area contributed by atoms with Crippen LogP contribution in [0.15, 0.2) is 30.3 Å². The average Bonchev–Trinajstić information content (AvgIpc) is 2.16. The summed E-state index contributed by atoms with van der Waals surface area (Å²) in [6, 6.07) is 9.91. The van der Waals surface area contributed by atoms with Crippen molar-refractivity contribution in [1.82, 2.24) is 4.98 Å². The monoisotopic (exact) mass is 191 g/mol. The van der Waals surface area contributed by atoms with Crippen LogP contribution in [0.1, 0.15) is 12.6 Å². The molecule has 2 aromatic rings. The van der Waals surface area contributed by atoms with Gasteiger partial charge in [0.05, 0.1) is 5.52 Å². The molecule has 0 aliphatic rings. The van der Waals surface area contributed by atoms with Gasteiger partial charge in [-0.15, -0.1) is 0 Å². The van der Waals surface area contributed by atoms with Crippen molar-refractivity contribution in [2.24, 2.45) is 0 Å². The lowest BCUT2D eigenvalue weighted by Gasteiger charge is -2.00. The summed E-state index contributed by atoms with van der Waals surface area (Å²) in [5.74, 6) is 0. The maximum atomic E-state index is 5.87. The minimum atomic E-state index is 0.744. The molecule has 0 aliphatic heterocycles. The van der Waals surface area contributed by atoms with E-state index in [0.29, 0.717) is 0 Å². The fourth-order valence-corrected chi connectivity index (χ4v) is 1.50. The maximum Gasteiger partial charge on any atom is 0.0720 e. The zero-order valence-corrected chi connectivity index (χ0v) is 8.17. The molecule has 0 atom stereocenters. The van der Waals surface area contributed by atoms with Gasteiger partial charge in [-0.2, -0.15) is 0 Å². The van der Waals surface area contributed by atoms with Gasteiger partial charge in [-0.05, 0) is 24.6 Å². The lowest BCUT2D eigenvalue weighted by Crippen LogP contribution is -1.86. The van der Waals surface area contributed by atoms with Crippen LogP contribution in [0, 0.1) is 0 Å². The van der Waals surface area contributed by atoms with E-state index in [1.54, 1.807) is 0 Å². The molecule has 0 N–H and O–H groups in total. The molecule has 0 saturated carbocycles. The summed E-state index contributed by atoms with van der Waals surface area (Å²) in [7, 11) is 0. The normalized spacial score (nSPS) is 10.6. The lowest BCUT2D eigenvalue weighted by molar-refractivity contribution is 1.06. The van der Waals surface area contributed by atoms with E-state index in [-0.39, 0.29) is 0 Å². The summed E-state index contributed by atoms with van der Waals surface area (Å²) in [5, 5.41) is 1.88. The lowest BCUT2D eigenvalue weighted by atomic mass is 10.2. The van der Waals surface area contributed by atoms with Crippen LogP contribution in [-0.4, -0.2) is 4.98 Å². The largest absolute Gasteiger partial charge is 0.253 e. The number of aromatic nitrogens is 1. The topological polar surface area (TPSA) is 12.9 Å². The van der Waals surface area contributed by atoms with Crippen LogP contribution in [0.2, 0.25) is 5.02 Å². The minimum Gasteiger partial charge on any atom is -0.253 e. The molecule has 0 bridgehead atoms. The highest BCUT2D eigenvalue weighted by molar-refractivity contribution is 6.31. The highest BCUT2D eigenvalue weighted by atomic mass is 35.5. The van der Waals surface area contributed by atoms with Crippen molar-refractivity contribution in [3.05, 3.63) is 41.0 Å². The van der Waals surface area contributed by atoms with Gasteiger partial charge < -0.3 is 0 Å². The van der Waals surface area contributed by atoms with Gasteiger partial charge in [0.2, 0.25) is 0 Å². The van der Waals surface area contributed by atoms with E-state index >= 15 is 0 Å². The second-order valence-electron chi connectivity index (χ2n) is 2.99. The molecule has 66 valence electrons. The Hall–Kier alpha value is -1.08. The summed E-state index contributed by atoms with van der Waals surface area (Å²) in [6.07, 6.45) is 0.961. The Morgan fingerprint density at radius 3 is 2.77 bits per heavy atom. The van der Waals surface area contributed by atoms with Gasteiger partial charge in [0.15, 0.2) is 0 Å². The summed E-state index contributed by atoms with van der Waals surface area (Å²) < 4.78 is 0. The van der Waals surface area contributed by atoms with Gasteiger partial charge in [0, 0.05) is 16.1 Å². The van der Waals surface area contributed by atoms with Gasteiger partial charge in [-0.1, -0.05) is 30.7 Å². The molecule has 1 aromatic carbocycles. The fraction of sp³-hybridized carbons (Fsp3) is 0.182. The Bertz CT molecular complexity index is 437. The van der Waals surface area contributed by atoms with Gasteiger partial charge in [0.25, 0.3) is 0 Å². The van der Waals surface area contributed by atoms with Gasteiger partial charge in [0.1, 0.15) is 0 Å². The van der Waals surface area contributed by atoms with Crippen LogP contribution in [0.25, 0.3) is 10.9 Å². The van der Waals surface area contributed by atoms with E-state index in [9.17, 15) is 0 Å². The Morgan fingerprint density at radius 1 is 1.23 bits per heavy atom. The zero-order chi connectivity index (χ0) is 9.26. The maximum absolute atomic E-state index is 5.87. The molecule has 2 rings (SSSR count). The fourth-order valence-electron chi connectivity index (χ4n) is 1.33. The van der Waals surface area contributed by atoms with Crippen molar-refractivity contribution in [3.63, 3.8) is 0 Å². The number of hydrogen-bond acceptors (Lipinski definition) is 1. The summed E-state index contributed by atoms with van der Waals surface area (Å²) in [6.45, 7) is 2.10. The van der Waals surface area contributed by atoms with Crippen LogP contribution in [-0.2, 0) is 6.42 Å². The Morgan fingerprint density at radius 2 is 2.00 bits per heavy atom. The number of aryl methyl sites for hydroxylation is 1. The van der Waals surface area contributed by atoms with Crippen molar-refractivity contribution in [1.29, 1.82) is 0 Å². The zero-order valence-electron chi connectivity index (χ0n) is 7.42. The molecule has 0 aliphatic carbocycles. The van der Waals surface area contributed by atoms with Crippen LogP contribution in [0.5, 0.6) is 0 Å². The van der Waals surface area contributed by atoms with E-state index in [0.717, 1.165) is 28.0 Å². The van der Waals surface area contributed by atoms with Gasteiger partial charge in [-0.25, -0.2) is 0 Å². The number of benzene rings is 1. The molecule has 0 amide bonds. The SMILES string of the molecule is CCc1ccc2ccc(Cl)cc2n1. The Balaban J connectivity index is 2.68. The number of hydrogen-bond donors (Lipinski definition) is 0. The third-order valence-electron chi connectivity index (χ3n) is 2.07. The average molecular weight is 192 g/mol. The van der Waals surface area contributed by atoms with Crippen molar-refractivity contribution in [2.75, 3.05) is 0 Å². The summed E-state index contributed by atoms with van der Waals surface area (Å²) in [4.78, 5) is 4.47. The Labute approximate surface area is 82.4 Å². The van der Waals surface area contributed by atoms with E-state index in [2.05, 4.69) is 24.0 Å². The Kier molecular flexibility index (Phi) is 2.19. The van der Waals surface area contributed by atoms with Gasteiger partial charge in [-0.3, -0.25) is 4.98 Å². The smallest absolute Gasteiger partial charge is 0.0720 e. The van der Waals surface area contributed by atoms with E-state index in [1.807, 2.05) is 18.2 Å². The molecule has 13 heavy (non-hydrogen) atoms. The molecule has 1 nitrogen and oxygen atoms in total. The van der Waals surface area contributed by atoms with Crippen molar-refractivity contribution in [2.45, 2.75) is 13.3 Å². The van der Waals surface area contributed by atoms with Crippen molar-refractivity contribution >= 4 is 22.5 Å². The molecule has 0 unspecified atom stereocenters. The molecule has 1 heterocycles. The molecule has 0 saturated heterocycles. The molecule has 0 fully saturated rings. The van der Waals surface area contributed by atoms with Crippen LogP contribution >= 0.6 is 11.6 Å². The predicted octanol–water partition coefficient (Wildman–Crippen LogP) is 3.45. The number of rotatable bonds is 1. The molecule has 1 aromatic heterocycles. The highest BCUT2D eigenvalue weighted by Gasteiger charge is 1.97. The molecule has 0 spiro atoms. The quantitative estimate of drug-likeness (QED) is 0.673. The summed E-state index contributed by atoms with van der Waals surface area (Å²) >= 11 is 5.87. The van der Waals surface area contributed by atoms with E-state index in [1.165, 1.54) is 0 Å². The number of pyridine rings is 1. The molecular formula is C11H10ClN. The van der Waals surface area contributed by atoms with Crippen LogP contribution in [0.4, 0.5) is 0 Å². The third kappa shape index (κ3) is 1.65. The first-order valence-corrected chi connectivity index (χ1v) is 4.72. The van der Waals surface area contributed by atoms with Crippen LogP contribution < -0.4 is 0 Å². The van der Waals surface area contributed by atoms with Gasteiger partial charge >= 0.3 is 0 Å². The number of nitrogens with zero attached hydrogens (tertiary/aromatic N) is 1. The second-order valence-corrected chi connectivity index (χ2v) is 3.43. The highest BCUT2D eigenvalue weighted by Crippen LogP contribution is 2.17. The first-order valence-electron chi connectivity index (χ1n) is 4.35. The second kappa shape index (κ2) is 3.35. The predicted molar refractivity (Wildman–Crippen MR) is 56.1 cm³/mol.